The largest absolute Gasteiger partial charge is 0.497 e. The number of nitrogens with zero attached hydrogens (tertiary/aromatic N) is 4. The average Bonchev–Trinajstić information content (AvgIpc) is 3.18. The van der Waals surface area contributed by atoms with E-state index in [1.807, 2.05) is 24.3 Å². The lowest BCUT2D eigenvalue weighted by Gasteiger charge is -2.15. The van der Waals surface area contributed by atoms with Gasteiger partial charge in [0.2, 0.25) is 9.74 Å². The minimum absolute atomic E-state index is 0.0855. The molecule has 1 saturated heterocycles. The molecule has 0 amide bonds. The number of halogens is 3. The molecule has 0 saturated carbocycles. The number of rotatable bonds is 7. The maximum atomic E-state index is 6.01. The Labute approximate surface area is 174 Å². The summed E-state index contributed by atoms with van der Waals surface area (Å²) in [5.41, 5.74) is 0.757. The molecule has 146 valence electrons. The Kier molecular flexibility index (Phi) is 6.98. The molecule has 6 nitrogen and oxygen atoms in total. The van der Waals surface area contributed by atoms with Crippen molar-refractivity contribution in [2.45, 2.75) is 23.1 Å². The van der Waals surface area contributed by atoms with Gasteiger partial charge in [-0.2, -0.15) is 9.97 Å². The van der Waals surface area contributed by atoms with Crippen LogP contribution in [0, 0.1) is 0 Å². The summed E-state index contributed by atoms with van der Waals surface area (Å²) in [5.74, 6) is 1.60. The molecule has 1 fully saturated rings. The number of ether oxygens (including phenoxy) is 1. The Bertz CT molecular complexity index is 763. The summed E-state index contributed by atoms with van der Waals surface area (Å²) >= 11 is 18.0. The molecule has 0 bridgehead atoms. The molecule has 27 heavy (non-hydrogen) atoms. The van der Waals surface area contributed by atoms with Gasteiger partial charge < -0.3 is 15.0 Å². The molecule has 0 radical (unpaired) electrons. The van der Waals surface area contributed by atoms with Crippen LogP contribution in [-0.4, -0.2) is 53.1 Å². The summed E-state index contributed by atoms with van der Waals surface area (Å²) in [6.07, 6.45) is 3.57. The Morgan fingerprint density at radius 3 is 2.63 bits per heavy atom. The molecule has 0 atom stereocenters. The first-order valence-corrected chi connectivity index (χ1v) is 10.0. The van der Waals surface area contributed by atoms with Gasteiger partial charge in [0.25, 0.3) is 0 Å². The Morgan fingerprint density at radius 1 is 1.15 bits per heavy atom. The van der Waals surface area contributed by atoms with Crippen LogP contribution >= 0.6 is 34.8 Å². The third kappa shape index (κ3) is 5.82. The molecule has 1 N–H and O–H groups in total. The second-order valence-corrected chi connectivity index (χ2v) is 8.65. The van der Waals surface area contributed by atoms with E-state index in [1.54, 1.807) is 7.11 Å². The molecular formula is C18H22Cl3N5O. The summed E-state index contributed by atoms with van der Waals surface area (Å²) in [7, 11) is 1.60. The van der Waals surface area contributed by atoms with E-state index in [2.05, 4.69) is 25.2 Å². The molecule has 1 aromatic heterocycles. The monoisotopic (exact) mass is 429 g/mol. The van der Waals surface area contributed by atoms with Gasteiger partial charge in [-0.05, 0) is 51.0 Å². The van der Waals surface area contributed by atoms with Gasteiger partial charge in [0.15, 0.2) is 11.6 Å². The quantitative estimate of drug-likeness (QED) is 0.523. The van der Waals surface area contributed by atoms with Gasteiger partial charge in [-0.1, -0.05) is 46.9 Å². The maximum Gasteiger partial charge on any atom is 0.250 e. The maximum absolute atomic E-state index is 6.01. The number of alkyl halides is 3. The lowest BCUT2D eigenvalue weighted by molar-refractivity contribution is 0.337. The van der Waals surface area contributed by atoms with Crippen molar-refractivity contribution in [3.63, 3.8) is 0 Å². The number of benzene rings is 1. The van der Waals surface area contributed by atoms with Gasteiger partial charge in [0.1, 0.15) is 5.75 Å². The zero-order valence-electron chi connectivity index (χ0n) is 15.1. The van der Waals surface area contributed by atoms with Gasteiger partial charge in [-0.25, -0.2) is 4.98 Å². The fraction of sp³-hybridized carbons (Fsp3) is 0.500. The number of aromatic nitrogens is 3. The van der Waals surface area contributed by atoms with Crippen molar-refractivity contribution in [1.82, 2.24) is 19.9 Å². The smallest absolute Gasteiger partial charge is 0.250 e. The van der Waals surface area contributed by atoms with E-state index in [4.69, 9.17) is 39.5 Å². The molecule has 1 aliphatic rings. The van der Waals surface area contributed by atoms with Crippen molar-refractivity contribution in [1.29, 1.82) is 0 Å². The highest BCUT2D eigenvalue weighted by atomic mass is 35.6. The lowest BCUT2D eigenvalue weighted by atomic mass is 10.2. The zero-order chi connectivity index (χ0) is 19.3. The molecule has 0 spiro atoms. The highest BCUT2D eigenvalue weighted by molar-refractivity contribution is 6.66. The highest BCUT2D eigenvalue weighted by Crippen LogP contribution is 2.37. The van der Waals surface area contributed by atoms with Crippen LogP contribution in [0.4, 0.5) is 5.95 Å². The topological polar surface area (TPSA) is 63.2 Å². The van der Waals surface area contributed by atoms with Crippen LogP contribution in [0.25, 0.3) is 11.4 Å². The summed E-state index contributed by atoms with van der Waals surface area (Å²) in [6, 6.07) is 7.40. The van der Waals surface area contributed by atoms with Crippen molar-refractivity contribution < 1.29 is 4.74 Å². The third-order valence-electron chi connectivity index (χ3n) is 4.35. The standard InChI is InChI=1S/C18H22Cl3N5O/c1-27-14-7-4-6-13(12-14)15-23-16(18(19,20)21)25-17(24-15)22-8-5-11-26-9-2-3-10-26/h4,6-7,12H,2-3,5,8-11H2,1H3,(H,22,23,24,25). The first kappa shape index (κ1) is 20.4. The molecule has 1 aromatic carbocycles. The van der Waals surface area contributed by atoms with Crippen LogP contribution in [0.15, 0.2) is 24.3 Å². The Balaban J connectivity index is 1.75. The summed E-state index contributed by atoms with van der Waals surface area (Å²) in [4.78, 5) is 15.5. The van der Waals surface area contributed by atoms with Crippen LogP contribution < -0.4 is 10.1 Å². The lowest BCUT2D eigenvalue weighted by Crippen LogP contribution is -2.23. The van der Waals surface area contributed by atoms with Gasteiger partial charge in [0.05, 0.1) is 7.11 Å². The SMILES string of the molecule is COc1cccc(-c2nc(NCCCN3CCCC3)nc(C(Cl)(Cl)Cl)n2)c1. The number of methoxy groups -OCH3 is 1. The number of anilines is 1. The number of likely N-dealkylation sites (tertiary alicyclic amines) is 1. The van der Waals surface area contributed by atoms with E-state index in [0.29, 0.717) is 17.5 Å². The van der Waals surface area contributed by atoms with Gasteiger partial charge in [-0.3, -0.25) is 0 Å². The van der Waals surface area contributed by atoms with Crippen molar-refractivity contribution in [2.24, 2.45) is 0 Å². The molecule has 0 unspecified atom stereocenters. The Hall–Kier alpha value is -1.34. The van der Waals surface area contributed by atoms with Gasteiger partial charge in [-0.15, -0.1) is 0 Å². The van der Waals surface area contributed by atoms with Crippen LogP contribution in [0.3, 0.4) is 0 Å². The molecule has 9 heteroatoms. The van der Waals surface area contributed by atoms with E-state index in [0.717, 1.165) is 25.1 Å². The third-order valence-corrected chi connectivity index (χ3v) is 4.86. The van der Waals surface area contributed by atoms with E-state index >= 15 is 0 Å². The first-order chi connectivity index (χ1) is 13.0. The number of hydrogen-bond donors (Lipinski definition) is 1. The Morgan fingerprint density at radius 2 is 1.93 bits per heavy atom. The predicted molar refractivity (Wildman–Crippen MR) is 110 cm³/mol. The van der Waals surface area contributed by atoms with E-state index in [1.165, 1.54) is 25.9 Å². The number of nitrogens with one attached hydrogen (secondary N) is 1. The van der Waals surface area contributed by atoms with Crippen LogP contribution in [0.1, 0.15) is 25.1 Å². The fourth-order valence-electron chi connectivity index (χ4n) is 2.98. The zero-order valence-corrected chi connectivity index (χ0v) is 17.4. The normalized spacial score (nSPS) is 15.1. The van der Waals surface area contributed by atoms with Gasteiger partial charge >= 0.3 is 0 Å². The molecular weight excluding hydrogens is 409 g/mol. The van der Waals surface area contributed by atoms with Crippen LogP contribution in [0.2, 0.25) is 0 Å². The molecule has 3 rings (SSSR count). The molecule has 0 aliphatic carbocycles. The van der Waals surface area contributed by atoms with E-state index in [9.17, 15) is 0 Å². The fourth-order valence-corrected chi connectivity index (χ4v) is 3.24. The van der Waals surface area contributed by atoms with Crippen molar-refractivity contribution in [3.05, 3.63) is 30.1 Å². The summed E-state index contributed by atoms with van der Waals surface area (Å²) < 4.78 is 3.53. The minimum Gasteiger partial charge on any atom is -0.497 e. The van der Waals surface area contributed by atoms with E-state index in [-0.39, 0.29) is 5.82 Å². The molecule has 2 heterocycles. The van der Waals surface area contributed by atoms with Crippen LogP contribution in [0.5, 0.6) is 5.75 Å². The minimum atomic E-state index is -1.73. The van der Waals surface area contributed by atoms with Crippen molar-refractivity contribution in [2.75, 3.05) is 38.6 Å². The molecule has 2 aromatic rings. The van der Waals surface area contributed by atoms with Crippen molar-refractivity contribution in [3.8, 4) is 17.1 Å². The average molecular weight is 431 g/mol. The predicted octanol–water partition coefficient (Wildman–Crippen LogP) is 4.27. The molecule has 1 aliphatic heterocycles. The summed E-state index contributed by atoms with van der Waals surface area (Å²) in [6.45, 7) is 4.15. The first-order valence-electron chi connectivity index (χ1n) is 8.89. The second-order valence-electron chi connectivity index (χ2n) is 6.37. The number of hydrogen-bond acceptors (Lipinski definition) is 6. The highest BCUT2D eigenvalue weighted by Gasteiger charge is 2.28. The second kappa shape index (κ2) is 9.24. The van der Waals surface area contributed by atoms with Crippen molar-refractivity contribution >= 4 is 40.8 Å². The van der Waals surface area contributed by atoms with Crippen LogP contribution in [-0.2, 0) is 3.79 Å². The van der Waals surface area contributed by atoms with E-state index < -0.39 is 3.79 Å². The van der Waals surface area contributed by atoms with Gasteiger partial charge in [0, 0.05) is 12.1 Å². The summed E-state index contributed by atoms with van der Waals surface area (Å²) in [5, 5.41) is 3.22.